The van der Waals surface area contributed by atoms with Crippen LogP contribution >= 0.6 is 0 Å². The number of nitrogens with zero attached hydrogens (tertiary/aromatic N) is 1. The Bertz CT molecular complexity index is 337. The van der Waals surface area contributed by atoms with Crippen LogP contribution in [0.1, 0.15) is 12.0 Å². The summed E-state index contributed by atoms with van der Waals surface area (Å²) in [5.74, 6) is -1.14. The minimum atomic E-state index is -1.14. The van der Waals surface area contributed by atoms with Crippen molar-refractivity contribution in [3.8, 4) is 0 Å². The average molecular weight is 222 g/mol. The van der Waals surface area contributed by atoms with Gasteiger partial charge in [-0.3, -0.25) is 4.99 Å². The van der Waals surface area contributed by atoms with Crippen molar-refractivity contribution in [1.82, 2.24) is 0 Å². The number of hydrogen-bond acceptors (Lipinski definition) is 5. The number of hydrogen-bond donors (Lipinski definition) is 0. The Hall–Kier alpha value is -1.88. The van der Waals surface area contributed by atoms with E-state index < -0.39 is 5.97 Å². The summed E-state index contributed by atoms with van der Waals surface area (Å²) >= 11 is 0. The fraction of sp³-hybridized carbons (Fsp3) is 0.273. The Kier molecular flexibility index (Phi) is 5.65. The zero-order valence-electron chi connectivity index (χ0n) is 8.67. The lowest BCUT2D eigenvalue weighted by Crippen LogP contribution is -2.22. The molecule has 0 aliphatic rings. The molecule has 0 aliphatic carbocycles. The molecule has 0 bridgehead atoms. The molecule has 0 atom stereocenters. The molecule has 1 aromatic rings. The van der Waals surface area contributed by atoms with E-state index in [9.17, 15) is 9.90 Å². The molecule has 86 valence electrons. The largest absolute Gasteiger partial charge is 0.550 e. The second kappa shape index (κ2) is 7.42. The van der Waals surface area contributed by atoms with Gasteiger partial charge in [0.2, 0.25) is 6.40 Å². The maximum atomic E-state index is 10.0. The maximum absolute atomic E-state index is 10.0. The van der Waals surface area contributed by atoms with E-state index in [-0.39, 0.29) is 13.0 Å². The van der Waals surface area contributed by atoms with Crippen LogP contribution in [0.25, 0.3) is 0 Å². The minimum Gasteiger partial charge on any atom is -0.550 e. The Morgan fingerprint density at radius 2 is 2.12 bits per heavy atom. The highest BCUT2D eigenvalue weighted by atomic mass is 17.2. The van der Waals surface area contributed by atoms with Crippen LogP contribution in [-0.4, -0.2) is 18.9 Å². The van der Waals surface area contributed by atoms with Crippen molar-refractivity contribution in [2.45, 2.75) is 13.0 Å². The van der Waals surface area contributed by atoms with E-state index in [0.717, 1.165) is 12.0 Å². The van der Waals surface area contributed by atoms with Gasteiger partial charge in [-0.05, 0) is 5.56 Å². The summed E-state index contributed by atoms with van der Waals surface area (Å²) < 4.78 is 0. The van der Waals surface area contributed by atoms with Crippen LogP contribution in [0.5, 0.6) is 0 Å². The van der Waals surface area contributed by atoms with Gasteiger partial charge in [0.1, 0.15) is 6.61 Å². The number of carboxylic acid groups (broad SMARTS) is 1. The highest BCUT2D eigenvalue weighted by Crippen LogP contribution is 1.99. The highest BCUT2D eigenvalue weighted by Gasteiger charge is 1.90. The molecule has 0 fully saturated rings. The summed E-state index contributed by atoms with van der Waals surface area (Å²) in [5.41, 5.74) is 0.977. The van der Waals surface area contributed by atoms with Gasteiger partial charge < -0.3 is 14.8 Å². The average Bonchev–Trinajstić information content (AvgIpc) is 2.29. The summed E-state index contributed by atoms with van der Waals surface area (Å²) in [6.07, 6.45) is 0.949. The summed E-state index contributed by atoms with van der Waals surface area (Å²) in [6, 6.07) is 9.50. The Morgan fingerprint density at radius 1 is 1.38 bits per heavy atom. The lowest BCUT2D eigenvalue weighted by molar-refractivity contribution is -0.305. The fourth-order valence-electron chi connectivity index (χ4n) is 0.946. The van der Waals surface area contributed by atoms with Crippen LogP contribution in [0.15, 0.2) is 35.3 Å². The van der Waals surface area contributed by atoms with E-state index in [1.165, 1.54) is 0 Å². The normalized spacial score (nSPS) is 10.5. The first-order chi connectivity index (χ1) is 7.79. The van der Waals surface area contributed by atoms with Crippen molar-refractivity contribution in [2.75, 3.05) is 6.54 Å². The van der Waals surface area contributed by atoms with Gasteiger partial charge >= 0.3 is 0 Å². The second-order valence-corrected chi connectivity index (χ2v) is 2.98. The fourth-order valence-corrected chi connectivity index (χ4v) is 0.946. The van der Waals surface area contributed by atoms with Crippen LogP contribution in [-0.2, 0) is 21.2 Å². The van der Waals surface area contributed by atoms with Gasteiger partial charge in [0.25, 0.3) is 0 Å². The molecular weight excluding hydrogens is 210 g/mol. The Balaban J connectivity index is 2.06. The van der Waals surface area contributed by atoms with Gasteiger partial charge in [0.15, 0.2) is 0 Å². The van der Waals surface area contributed by atoms with E-state index in [0.29, 0.717) is 6.61 Å². The summed E-state index contributed by atoms with van der Waals surface area (Å²) in [7, 11) is 0. The Labute approximate surface area is 93.3 Å². The zero-order valence-corrected chi connectivity index (χ0v) is 8.67. The minimum absolute atomic E-state index is 0.122. The number of carbonyl (C=O) groups is 1. The molecule has 0 radical (unpaired) electrons. The van der Waals surface area contributed by atoms with Crippen LogP contribution in [0, 0.1) is 0 Å². The van der Waals surface area contributed by atoms with Gasteiger partial charge in [-0.2, -0.15) is 4.89 Å². The number of aliphatic carboxylic acids is 1. The van der Waals surface area contributed by atoms with E-state index in [4.69, 9.17) is 4.89 Å². The van der Waals surface area contributed by atoms with Crippen LogP contribution in [0.4, 0.5) is 0 Å². The number of carboxylic acids is 1. The van der Waals surface area contributed by atoms with Crippen molar-refractivity contribution in [1.29, 1.82) is 0 Å². The second-order valence-electron chi connectivity index (χ2n) is 2.98. The molecule has 0 N–H and O–H groups in total. The van der Waals surface area contributed by atoms with E-state index >= 15 is 0 Å². The molecule has 0 unspecified atom stereocenters. The third-order valence-electron chi connectivity index (χ3n) is 1.70. The predicted molar refractivity (Wildman–Crippen MR) is 55.3 cm³/mol. The molecule has 0 saturated carbocycles. The first-order valence-corrected chi connectivity index (χ1v) is 4.79. The Morgan fingerprint density at radius 3 is 2.81 bits per heavy atom. The van der Waals surface area contributed by atoms with E-state index in [1.807, 2.05) is 30.3 Å². The number of rotatable bonds is 7. The smallest absolute Gasteiger partial charge is 0.214 e. The molecule has 0 aliphatic heterocycles. The van der Waals surface area contributed by atoms with Gasteiger partial charge in [-0.1, -0.05) is 30.3 Å². The van der Waals surface area contributed by atoms with Crippen molar-refractivity contribution in [3.05, 3.63) is 35.9 Å². The predicted octanol–water partition coefficient (Wildman–Crippen LogP) is 0.303. The quantitative estimate of drug-likeness (QED) is 0.219. The molecule has 0 heterocycles. The molecule has 0 aromatic heterocycles. The van der Waals surface area contributed by atoms with E-state index in [2.05, 4.69) is 9.88 Å². The molecule has 1 aromatic carbocycles. The van der Waals surface area contributed by atoms with Gasteiger partial charge in [-0.25, -0.2) is 0 Å². The number of carbonyl (C=O) groups excluding carboxylic acids is 1. The molecule has 1 rings (SSSR count). The molecule has 5 nitrogen and oxygen atoms in total. The van der Waals surface area contributed by atoms with Crippen molar-refractivity contribution in [3.63, 3.8) is 0 Å². The number of benzene rings is 1. The maximum Gasteiger partial charge on any atom is 0.214 e. The van der Waals surface area contributed by atoms with Crippen molar-refractivity contribution in [2.24, 2.45) is 4.99 Å². The molecule has 16 heavy (non-hydrogen) atoms. The number of aliphatic imine (C=N–C) groups is 1. The molecular formula is C11H12NO4-. The van der Waals surface area contributed by atoms with Crippen molar-refractivity contribution >= 4 is 12.4 Å². The standard InChI is InChI=1S/C11H13NO4/c13-11(14)6-7-12-9-16-15-8-10-4-2-1-3-5-10/h1-5,9H,6-8H2,(H,13,14)/p-1. The zero-order chi connectivity index (χ0) is 11.6. The van der Waals surface area contributed by atoms with Crippen molar-refractivity contribution < 1.29 is 19.7 Å². The third-order valence-corrected chi connectivity index (χ3v) is 1.70. The van der Waals surface area contributed by atoms with Crippen LogP contribution in [0.3, 0.4) is 0 Å². The summed E-state index contributed by atoms with van der Waals surface area (Å²) in [4.78, 5) is 23.1. The first-order valence-electron chi connectivity index (χ1n) is 4.79. The lowest BCUT2D eigenvalue weighted by atomic mass is 10.2. The molecule has 0 saturated heterocycles. The van der Waals surface area contributed by atoms with Gasteiger partial charge in [0.05, 0.1) is 0 Å². The van der Waals surface area contributed by atoms with E-state index in [1.54, 1.807) is 0 Å². The van der Waals surface area contributed by atoms with Crippen LogP contribution in [0.2, 0.25) is 0 Å². The molecule has 5 heteroatoms. The third kappa shape index (κ3) is 5.77. The van der Waals surface area contributed by atoms with Gasteiger partial charge in [-0.15, -0.1) is 0 Å². The summed E-state index contributed by atoms with van der Waals surface area (Å²) in [5, 5.41) is 10.0. The lowest BCUT2D eigenvalue weighted by Gasteiger charge is -2.00. The topological polar surface area (TPSA) is 71.0 Å². The first kappa shape index (κ1) is 12.2. The van der Waals surface area contributed by atoms with Crippen LogP contribution < -0.4 is 5.11 Å². The molecule has 0 amide bonds. The SMILES string of the molecule is O=C([O-])CCN=COOCc1ccccc1. The highest BCUT2D eigenvalue weighted by molar-refractivity contribution is 5.64. The molecule has 0 spiro atoms. The van der Waals surface area contributed by atoms with Gasteiger partial charge in [0, 0.05) is 18.9 Å². The summed E-state index contributed by atoms with van der Waals surface area (Å²) in [6.45, 7) is 0.435. The monoisotopic (exact) mass is 222 g/mol.